The van der Waals surface area contributed by atoms with Gasteiger partial charge in [-0.3, -0.25) is 0 Å². The molecule has 1 aliphatic carbocycles. The highest BCUT2D eigenvalue weighted by Gasteiger charge is 2.61. The van der Waals surface area contributed by atoms with E-state index >= 15 is 0 Å². The normalized spacial score (nSPS) is 18.4. The minimum absolute atomic E-state index is 0.00437. The zero-order chi connectivity index (χ0) is 54.5. The summed E-state index contributed by atoms with van der Waals surface area (Å²) in [5.41, 5.74) is 24.3. The minimum atomic E-state index is -0.119. The lowest BCUT2D eigenvalue weighted by Gasteiger charge is -2.53. The predicted octanol–water partition coefficient (Wildman–Crippen LogP) is 19.1. The van der Waals surface area contributed by atoms with E-state index in [1.54, 1.807) is 0 Å². The molecule has 9 aromatic carbocycles. The van der Waals surface area contributed by atoms with Crippen molar-refractivity contribution in [3.05, 3.63) is 210 Å². The predicted molar refractivity (Wildman–Crippen MR) is 343 cm³/mol. The number of thiophene rings is 1. The molecule has 4 aliphatic rings. The molecule has 3 aliphatic heterocycles. The number of nitrogens with zero attached hydrogens (tertiary/aromatic N) is 3. The molecule has 1 fully saturated rings. The van der Waals surface area contributed by atoms with Crippen molar-refractivity contribution in [2.24, 2.45) is 0 Å². The first-order valence-electron chi connectivity index (χ1n) is 29.0. The molecule has 392 valence electrons. The van der Waals surface area contributed by atoms with Gasteiger partial charge in [-0.25, -0.2) is 0 Å². The summed E-state index contributed by atoms with van der Waals surface area (Å²) in [6.07, 6.45) is 4.80. The van der Waals surface area contributed by atoms with Crippen molar-refractivity contribution in [3.8, 4) is 22.3 Å². The Labute approximate surface area is 473 Å². The Kier molecular flexibility index (Phi) is 11.1. The molecule has 3 nitrogen and oxygen atoms in total. The third kappa shape index (κ3) is 7.58. The van der Waals surface area contributed by atoms with Crippen LogP contribution in [-0.2, 0) is 21.7 Å². The summed E-state index contributed by atoms with van der Waals surface area (Å²) in [5, 5.41) is 2.67. The van der Waals surface area contributed by atoms with Crippen LogP contribution >= 0.6 is 11.3 Å². The van der Waals surface area contributed by atoms with E-state index in [1.807, 2.05) is 11.3 Å². The average Bonchev–Trinajstić information content (AvgIpc) is 3.46. The molecule has 0 radical (unpaired) electrons. The second kappa shape index (κ2) is 17.6. The first kappa shape index (κ1) is 49.9. The van der Waals surface area contributed by atoms with Gasteiger partial charge in [0, 0.05) is 71.0 Å². The van der Waals surface area contributed by atoms with Crippen molar-refractivity contribution >= 4 is 100 Å². The summed E-state index contributed by atoms with van der Waals surface area (Å²) in [4.78, 5) is 8.09. The van der Waals surface area contributed by atoms with Crippen LogP contribution in [0, 0.1) is 0 Å². The molecule has 1 aromatic heterocycles. The van der Waals surface area contributed by atoms with Crippen molar-refractivity contribution in [1.82, 2.24) is 0 Å². The first-order chi connectivity index (χ1) is 37.8. The van der Waals surface area contributed by atoms with Crippen molar-refractivity contribution in [2.75, 3.05) is 14.7 Å². The number of hydrogen-bond acceptors (Lipinski definition) is 4. The molecule has 2 atom stereocenters. The van der Waals surface area contributed by atoms with Gasteiger partial charge in [0.2, 0.25) is 0 Å². The second-order valence-electron chi connectivity index (χ2n) is 26.9. The Balaban J connectivity index is 1.11. The highest BCUT2D eigenvalue weighted by Crippen LogP contribution is 2.62. The Morgan fingerprint density at radius 1 is 0.468 bits per heavy atom. The van der Waals surface area contributed by atoms with Crippen LogP contribution in [0.5, 0.6) is 0 Å². The van der Waals surface area contributed by atoms with Crippen molar-refractivity contribution in [2.45, 2.75) is 129 Å². The number of hydrogen-bond donors (Lipinski definition) is 0. The molecule has 0 spiro atoms. The third-order valence-electron chi connectivity index (χ3n) is 19.1. The smallest absolute Gasteiger partial charge is 0.252 e. The van der Waals surface area contributed by atoms with E-state index in [1.165, 1.54) is 129 Å². The lowest BCUT2D eigenvalue weighted by molar-refractivity contribution is 0.195. The molecule has 0 amide bonds. The summed E-state index contributed by atoms with van der Waals surface area (Å²) in [6.45, 7) is 26.1. The first-order valence-corrected chi connectivity index (χ1v) is 29.8. The van der Waals surface area contributed by atoms with E-state index in [0.717, 1.165) is 23.5 Å². The molecule has 1 saturated carbocycles. The van der Waals surface area contributed by atoms with Gasteiger partial charge in [0.25, 0.3) is 6.71 Å². The largest absolute Gasteiger partial charge is 0.335 e. The van der Waals surface area contributed by atoms with Gasteiger partial charge >= 0.3 is 0 Å². The van der Waals surface area contributed by atoms with E-state index in [4.69, 9.17) is 0 Å². The van der Waals surface area contributed by atoms with E-state index < -0.39 is 0 Å². The van der Waals surface area contributed by atoms with E-state index in [0.29, 0.717) is 0 Å². The molecular formula is C74H72BN3S. The fourth-order valence-corrected chi connectivity index (χ4v) is 15.7. The second-order valence-corrected chi connectivity index (χ2v) is 28.0. The van der Waals surface area contributed by atoms with E-state index in [2.05, 4.69) is 279 Å². The maximum Gasteiger partial charge on any atom is 0.252 e. The highest BCUT2D eigenvalue weighted by atomic mass is 32.1. The van der Waals surface area contributed by atoms with Crippen molar-refractivity contribution in [3.63, 3.8) is 0 Å². The van der Waals surface area contributed by atoms with Crippen LogP contribution in [0.4, 0.5) is 45.5 Å². The van der Waals surface area contributed by atoms with Gasteiger partial charge in [0.05, 0.1) is 11.2 Å². The van der Waals surface area contributed by atoms with Crippen LogP contribution in [0.2, 0.25) is 0 Å². The van der Waals surface area contributed by atoms with Crippen LogP contribution in [0.3, 0.4) is 0 Å². The molecule has 0 bridgehead atoms. The summed E-state index contributed by atoms with van der Waals surface area (Å²) in [7, 11) is 0. The lowest BCUT2D eigenvalue weighted by Crippen LogP contribution is -2.64. The summed E-state index contributed by atoms with van der Waals surface area (Å²) >= 11 is 1.91. The number of para-hydroxylation sites is 1. The fraction of sp³-hybridized carbons (Fsp3) is 0.270. The van der Waals surface area contributed by atoms with Gasteiger partial charge in [0.1, 0.15) is 0 Å². The molecule has 10 aromatic rings. The van der Waals surface area contributed by atoms with Crippen LogP contribution in [0.1, 0.15) is 124 Å². The number of anilines is 8. The third-order valence-corrected chi connectivity index (χ3v) is 20.2. The molecule has 14 rings (SSSR count). The van der Waals surface area contributed by atoms with Gasteiger partial charge in [-0.15, -0.1) is 11.3 Å². The molecule has 4 heterocycles. The summed E-state index contributed by atoms with van der Waals surface area (Å²) < 4.78 is 2.65. The highest BCUT2D eigenvalue weighted by molar-refractivity contribution is 7.26. The molecule has 0 saturated heterocycles. The quantitative estimate of drug-likeness (QED) is 0.154. The number of rotatable bonds is 6. The molecule has 5 heteroatoms. The van der Waals surface area contributed by atoms with Crippen molar-refractivity contribution in [1.29, 1.82) is 0 Å². The standard InChI is InChI=1S/C74H72BN3S/c1-70(2,3)49-29-34-52(35-30-49)76(53-36-31-50(32-37-53)71(4,5)6)54-38-39-59-62(46-54)77(61-40-33-51(72(7,8)9)45-57(61)47-21-13-12-14-22-47)63-43-48(55-24-19-28-66-67(55)56-23-15-16-27-65(56)79-66)44-64-68(63)75(59)60-26-20-25-58-69(60)78(64)74(11)42-18-17-41-73(58,74)10/h12-16,19-40,43-46H,17-18,41-42H2,1-11H3. The maximum absolute atomic E-state index is 2.89. The zero-order valence-corrected chi connectivity index (χ0v) is 48.9. The Morgan fingerprint density at radius 3 is 1.77 bits per heavy atom. The van der Waals surface area contributed by atoms with E-state index in [-0.39, 0.29) is 33.9 Å². The molecule has 2 unspecified atom stereocenters. The Bertz CT molecular complexity index is 4020. The SMILES string of the molecule is CC(C)(C)c1ccc(N(c2ccc(C(C)(C)C)cc2)c2ccc3c(c2)N(c2ccc(C(C)(C)C)cc2-c2ccccc2)c2cc(-c4cccc5sc6ccccc6c45)cc4c2B3c2cccc3c2N4C2(C)CCCCC32C)cc1. The molecule has 79 heavy (non-hydrogen) atoms. The number of benzene rings is 9. The van der Waals surface area contributed by atoms with Crippen LogP contribution in [0.25, 0.3) is 42.4 Å². The van der Waals surface area contributed by atoms with E-state index in [9.17, 15) is 0 Å². The van der Waals surface area contributed by atoms with Gasteiger partial charge in [-0.05, 0) is 164 Å². The maximum atomic E-state index is 2.89. The van der Waals surface area contributed by atoms with Crippen LogP contribution < -0.4 is 31.1 Å². The Hall–Kier alpha value is -7.34. The topological polar surface area (TPSA) is 9.72 Å². The van der Waals surface area contributed by atoms with Gasteiger partial charge < -0.3 is 14.7 Å². The molecule has 0 N–H and O–H groups in total. The van der Waals surface area contributed by atoms with Crippen molar-refractivity contribution < 1.29 is 0 Å². The minimum Gasteiger partial charge on any atom is -0.335 e. The molecular weight excluding hydrogens is 974 g/mol. The number of fused-ring (bicyclic) bond motifs is 10. The average molecular weight is 1050 g/mol. The summed E-state index contributed by atoms with van der Waals surface area (Å²) in [6, 6.07) is 73.3. The Morgan fingerprint density at radius 2 is 1.08 bits per heavy atom. The lowest BCUT2D eigenvalue weighted by atomic mass is 9.33. The summed E-state index contributed by atoms with van der Waals surface area (Å²) in [5.74, 6) is 0. The fourth-order valence-electron chi connectivity index (χ4n) is 14.5. The van der Waals surface area contributed by atoms with Gasteiger partial charge in [-0.1, -0.05) is 197 Å². The zero-order valence-electron chi connectivity index (χ0n) is 48.1. The van der Waals surface area contributed by atoms with Gasteiger partial charge in [0.15, 0.2) is 0 Å². The van der Waals surface area contributed by atoms with Gasteiger partial charge in [-0.2, -0.15) is 0 Å². The van der Waals surface area contributed by atoms with Crippen LogP contribution in [0.15, 0.2) is 188 Å². The van der Waals surface area contributed by atoms with Crippen LogP contribution in [-0.4, -0.2) is 12.3 Å². The monoisotopic (exact) mass is 1050 g/mol.